The number of carbonyl (C=O) groups is 1. The largest absolute Gasteiger partial charge is 0.326 e. The van der Waals surface area contributed by atoms with Crippen LogP contribution < -0.4 is 5.32 Å². The van der Waals surface area contributed by atoms with Crippen LogP contribution in [0, 0.1) is 19.8 Å². The summed E-state index contributed by atoms with van der Waals surface area (Å²) in [6, 6.07) is 6.19. The zero-order valence-corrected chi connectivity index (χ0v) is 10.8. The van der Waals surface area contributed by atoms with Gasteiger partial charge in [0.15, 0.2) is 0 Å². The maximum atomic E-state index is 12.1. The highest BCUT2D eigenvalue weighted by molar-refractivity contribution is 5.92. The third kappa shape index (κ3) is 3.32. The number of hydrogen-bond acceptors (Lipinski definition) is 1. The van der Waals surface area contributed by atoms with Crippen LogP contribution in [0.3, 0.4) is 0 Å². The molecule has 0 atom stereocenters. The molecule has 1 N–H and O–H groups in total. The first-order valence-corrected chi connectivity index (χ1v) is 6.54. The van der Waals surface area contributed by atoms with Crippen LogP contribution in [0.5, 0.6) is 0 Å². The number of rotatable bonds is 2. The second kappa shape index (κ2) is 5.35. The normalized spacial score (nSPS) is 16.8. The van der Waals surface area contributed by atoms with Crippen LogP contribution in [0.2, 0.25) is 0 Å². The molecule has 1 aromatic carbocycles. The van der Waals surface area contributed by atoms with Crippen LogP contribution >= 0.6 is 0 Å². The van der Waals surface area contributed by atoms with Gasteiger partial charge in [0.05, 0.1) is 0 Å². The van der Waals surface area contributed by atoms with Gasteiger partial charge < -0.3 is 5.32 Å². The lowest BCUT2D eigenvalue weighted by Crippen LogP contribution is -2.24. The number of nitrogens with one attached hydrogen (secondary N) is 1. The fourth-order valence-electron chi connectivity index (χ4n) is 2.66. The highest BCUT2D eigenvalue weighted by Gasteiger charge is 2.20. The summed E-state index contributed by atoms with van der Waals surface area (Å²) >= 11 is 0. The highest BCUT2D eigenvalue weighted by atomic mass is 16.1. The molecule has 1 fully saturated rings. The van der Waals surface area contributed by atoms with Crippen molar-refractivity contribution in [2.24, 2.45) is 5.92 Å². The maximum absolute atomic E-state index is 12.1. The Labute approximate surface area is 103 Å². The number of anilines is 1. The molecule has 1 aliphatic carbocycles. The van der Waals surface area contributed by atoms with E-state index in [1.807, 2.05) is 12.1 Å². The molecule has 1 aliphatic rings. The van der Waals surface area contributed by atoms with Crippen LogP contribution in [0.25, 0.3) is 0 Å². The van der Waals surface area contributed by atoms with Crippen molar-refractivity contribution in [1.82, 2.24) is 0 Å². The Morgan fingerprint density at radius 3 is 2.24 bits per heavy atom. The van der Waals surface area contributed by atoms with E-state index in [1.54, 1.807) is 0 Å². The molecule has 1 aromatic rings. The molecule has 2 rings (SSSR count). The zero-order chi connectivity index (χ0) is 12.3. The predicted octanol–water partition coefficient (Wildman–Crippen LogP) is 3.82. The Morgan fingerprint density at radius 2 is 1.65 bits per heavy atom. The summed E-state index contributed by atoms with van der Waals surface area (Å²) in [5.41, 5.74) is 3.34. The van der Waals surface area contributed by atoms with E-state index in [1.165, 1.54) is 30.4 Å². The monoisotopic (exact) mass is 231 g/mol. The van der Waals surface area contributed by atoms with Gasteiger partial charge in [0, 0.05) is 11.6 Å². The molecular formula is C15H21NO. The molecule has 2 heteroatoms. The van der Waals surface area contributed by atoms with Crippen LogP contribution in [0.15, 0.2) is 18.2 Å². The minimum Gasteiger partial charge on any atom is -0.326 e. The first kappa shape index (κ1) is 12.2. The molecule has 0 radical (unpaired) electrons. The average molecular weight is 231 g/mol. The highest BCUT2D eigenvalue weighted by Crippen LogP contribution is 2.25. The molecule has 0 heterocycles. The fraction of sp³-hybridized carbons (Fsp3) is 0.533. The van der Waals surface area contributed by atoms with E-state index in [-0.39, 0.29) is 11.8 Å². The summed E-state index contributed by atoms with van der Waals surface area (Å²) in [4.78, 5) is 12.1. The Morgan fingerprint density at radius 1 is 1.06 bits per heavy atom. The van der Waals surface area contributed by atoms with Gasteiger partial charge in [-0.15, -0.1) is 0 Å². The Kier molecular flexibility index (Phi) is 3.82. The van der Waals surface area contributed by atoms with Gasteiger partial charge in [-0.1, -0.05) is 25.3 Å². The third-order valence-corrected chi connectivity index (χ3v) is 3.47. The van der Waals surface area contributed by atoms with Gasteiger partial charge in [-0.05, 0) is 49.9 Å². The molecule has 0 unspecified atom stereocenters. The van der Waals surface area contributed by atoms with Crippen molar-refractivity contribution >= 4 is 11.6 Å². The second-order valence-electron chi connectivity index (χ2n) is 5.20. The van der Waals surface area contributed by atoms with Crippen molar-refractivity contribution in [2.45, 2.75) is 46.0 Å². The van der Waals surface area contributed by atoms with E-state index in [9.17, 15) is 4.79 Å². The molecule has 2 nitrogen and oxygen atoms in total. The van der Waals surface area contributed by atoms with E-state index >= 15 is 0 Å². The average Bonchev–Trinajstić information content (AvgIpc) is 2.28. The van der Waals surface area contributed by atoms with Gasteiger partial charge in [0.1, 0.15) is 0 Å². The van der Waals surface area contributed by atoms with Gasteiger partial charge in [-0.25, -0.2) is 0 Å². The molecule has 1 amide bonds. The lowest BCUT2D eigenvalue weighted by Gasteiger charge is -2.21. The first-order chi connectivity index (χ1) is 8.15. The van der Waals surface area contributed by atoms with Crippen molar-refractivity contribution in [3.63, 3.8) is 0 Å². The van der Waals surface area contributed by atoms with Crippen molar-refractivity contribution in [2.75, 3.05) is 5.32 Å². The van der Waals surface area contributed by atoms with E-state index in [0.717, 1.165) is 18.5 Å². The SMILES string of the molecule is Cc1cc(C)cc(NC(=O)C2CCCCC2)c1. The van der Waals surface area contributed by atoms with Gasteiger partial charge in [-0.3, -0.25) is 4.79 Å². The van der Waals surface area contributed by atoms with Crippen LogP contribution in [-0.2, 0) is 4.79 Å². The van der Waals surface area contributed by atoms with Crippen molar-refractivity contribution in [1.29, 1.82) is 0 Å². The molecule has 0 saturated heterocycles. The summed E-state index contributed by atoms with van der Waals surface area (Å²) in [5, 5.41) is 3.05. The smallest absolute Gasteiger partial charge is 0.227 e. The van der Waals surface area contributed by atoms with Crippen molar-refractivity contribution in [3.05, 3.63) is 29.3 Å². The Bertz CT molecular complexity index is 385. The summed E-state index contributed by atoms with van der Waals surface area (Å²) in [6.07, 6.45) is 5.79. The Balaban J connectivity index is 2.01. The summed E-state index contributed by atoms with van der Waals surface area (Å²) in [5.74, 6) is 0.430. The third-order valence-electron chi connectivity index (χ3n) is 3.47. The van der Waals surface area contributed by atoms with E-state index < -0.39 is 0 Å². The number of carbonyl (C=O) groups excluding carboxylic acids is 1. The molecule has 0 bridgehead atoms. The number of aryl methyl sites for hydroxylation is 2. The van der Waals surface area contributed by atoms with Crippen LogP contribution in [0.4, 0.5) is 5.69 Å². The summed E-state index contributed by atoms with van der Waals surface area (Å²) in [6.45, 7) is 4.12. The minimum absolute atomic E-state index is 0.203. The van der Waals surface area contributed by atoms with E-state index in [4.69, 9.17) is 0 Å². The first-order valence-electron chi connectivity index (χ1n) is 6.54. The fourth-order valence-corrected chi connectivity index (χ4v) is 2.66. The van der Waals surface area contributed by atoms with E-state index in [2.05, 4.69) is 25.2 Å². The number of hydrogen-bond donors (Lipinski definition) is 1. The standard InChI is InChI=1S/C15H21NO/c1-11-8-12(2)10-14(9-11)16-15(17)13-6-4-3-5-7-13/h8-10,13H,3-7H2,1-2H3,(H,16,17). The Hall–Kier alpha value is -1.31. The summed E-state index contributed by atoms with van der Waals surface area (Å²) in [7, 11) is 0. The lowest BCUT2D eigenvalue weighted by molar-refractivity contribution is -0.120. The van der Waals surface area contributed by atoms with Gasteiger partial charge in [-0.2, -0.15) is 0 Å². The molecule has 17 heavy (non-hydrogen) atoms. The van der Waals surface area contributed by atoms with Gasteiger partial charge >= 0.3 is 0 Å². The van der Waals surface area contributed by atoms with Gasteiger partial charge in [0.2, 0.25) is 5.91 Å². The summed E-state index contributed by atoms with van der Waals surface area (Å²) < 4.78 is 0. The predicted molar refractivity (Wildman–Crippen MR) is 71.1 cm³/mol. The minimum atomic E-state index is 0.203. The second-order valence-corrected chi connectivity index (χ2v) is 5.20. The molecule has 0 aliphatic heterocycles. The van der Waals surface area contributed by atoms with E-state index in [0.29, 0.717) is 0 Å². The quantitative estimate of drug-likeness (QED) is 0.823. The molecular weight excluding hydrogens is 210 g/mol. The van der Waals surface area contributed by atoms with Crippen molar-refractivity contribution in [3.8, 4) is 0 Å². The molecule has 1 saturated carbocycles. The molecule has 0 spiro atoms. The maximum Gasteiger partial charge on any atom is 0.227 e. The molecule has 0 aromatic heterocycles. The number of amides is 1. The van der Waals surface area contributed by atoms with Gasteiger partial charge in [0.25, 0.3) is 0 Å². The lowest BCUT2D eigenvalue weighted by atomic mass is 9.88. The van der Waals surface area contributed by atoms with Crippen LogP contribution in [-0.4, -0.2) is 5.91 Å². The zero-order valence-electron chi connectivity index (χ0n) is 10.8. The van der Waals surface area contributed by atoms with Crippen molar-refractivity contribution < 1.29 is 4.79 Å². The van der Waals surface area contributed by atoms with Crippen LogP contribution in [0.1, 0.15) is 43.2 Å². The molecule has 92 valence electrons. The number of benzene rings is 1. The topological polar surface area (TPSA) is 29.1 Å².